The van der Waals surface area contributed by atoms with E-state index in [1.165, 1.54) is 11.3 Å². The molecule has 3 heterocycles. The van der Waals surface area contributed by atoms with Crippen molar-refractivity contribution in [3.63, 3.8) is 0 Å². The summed E-state index contributed by atoms with van der Waals surface area (Å²) in [7, 11) is 0. The Morgan fingerprint density at radius 2 is 1.82 bits per heavy atom. The van der Waals surface area contributed by atoms with Gasteiger partial charge in [0.1, 0.15) is 0 Å². The molecule has 2 aromatic carbocycles. The van der Waals surface area contributed by atoms with Crippen LogP contribution in [0, 0.1) is 6.57 Å². The predicted octanol–water partition coefficient (Wildman–Crippen LogP) is 5.96. The number of rotatable bonds is 7. The Hall–Kier alpha value is -4.48. The molecule has 166 valence electrons. The van der Waals surface area contributed by atoms with Crippen LogP contribution in [0.3, 0.4) is 0 Å². The molecule has 0 fully saturated rings. The Bertz CT molecular complexity index is 1480. The first-order chi connectivity index (χ1) is 16.7. The highest BCUT2D eigenvalue weighted by Gasteiger charge is 2.11. The van der Waals surface area contributed by atoms with E-state index in [1.54, 1.807) is 24.5 Å². The van der Waals surface area contributed by atoms with Crippen LogP contribution in [0.15, 0.2) is 85.6 Å². The lowest BCUT2D eigenvalue weighted by Gasteiger charge is -2.10. The van der Waals surface area contributed by atoms with Gasteiger partial charge in [-0.05, 0) is 47.3 Å². The summed E-state index contributed by atoms with van der Waals surface area (Å²) in [6.07, 6.45) is 6.96. The number of carbonyl (C=O) groups excluding carboxylic acids is 1. The average molecular weight is 465 g/mol. The number of nitrogens with zero attached hydrogens (tertiary/aromatic N) is 4. The molecule has 0 spiro atoms. The van der Waals surface area contributed by atoms with Gasteiger partial charge in [-0.2, -0.15) is 0 Å². The van der Waals surface area contributed by atoms with Crippen molar-refractivity contribution in [1.82, 2.24) is 14.5 Å². The van der Waals surface area contributed by atoms with Crippen LogP contribution in [0.4, 0.5) is 17.1 Å². The first-order valence-electron chi connectivity index (χ1n) is 10.6. The molecule has 34 heavy (non-hydrogen) atoms. The minimum Gasteiger partial charge on any atom is -0.379 e. The smallest absolute Gasteiger partial charge is 0.265 e. The van der Waals surface area contributed by atoms with Crippen molar-refractivity contribution in [3.8, 4) is 0 Å². The van der Waals surface area contributed by atoms with Crippen LogP contribution in [0.5, 0.6) is 0 Å². The van der Waals surface area contributed by atoms with Crippen LogP contribution in [0.25, 0.3) is 14.9 Å². The number of pyridine rings is 1. The molecule has 0 bridgehead atoms. The van der Waals surface area contributed by atoms with E-state index in [0.717, 1.165) is 32.7 Å². The van der Waals surface area contributed by atoms with E-state index in [4.69, 9.17) is 6.57 Å². The predicted molar refractivity (Wildman–Crippen MR) is 135 cm³/mol. The zero-order chi connectivity index (χ0) is 23.3. The Morgan fingerprint density at radius 3 is 2.62 bits per heavy atom. The molecule has 1 amide bonds. The molecule has 0 saturated carbocycles. The van der Waals surface area contributed by atoms with Crippen molar-refractivity contribution < 1.29 is 4.79 Å². The number of hydrogen-bond donors (Lipinski definition) is 2. The second kappa shape index (κ2) is 9.57. The van der Waals surface area contributed by atoms with Gasteiger partial charge in [0.05, 0.1) is 30.0 Å². The monoisotopic (exact) mass is 464 g/mol. The molecule has 5 aromatic rings. The largest absolute Gasteiger partial charge is 0.379 e. The summed E-state index contributed by atoms with van der Waals surface area (Å²) < 4.78 is 3.14. The molecular weight excluding hydrogens is 444 g/mol. The number of carbonyl (C=O) groups is 1. The Labute approximate surface area is 200 Å². The standard InChI is InChI=1S/C26H20N6OS/c1-27-20-4-2-18(3-5-20)16-32-17-29-14-23(32)15-30-22-6-7-24-19(12-22)13-25(34-24)26(33)31-21-8-10-28-11-9-21/h2-14,17,30H,15-16H2,(H,28,31,33). The van der Waals surface area contributed by atoms with Gasteiger partial charge in [-0.1, -0.05) is 24.3 Å². The zero-order valence-corrected chi connectivity index (χ0v) is 18.9. The number of benzene rings is 2. The number of nitrogens with one attached hydrogen (secondary N) is 2. The lowest BCUT2D eigenvalue weighted by atomic mass is 10.2. The summed E-state index contributed by atoms with van der Waals surface area (Å²) in [5.74, 6) is -0.129. The van der Waals surface area contributed by atoms with Gasteiger partial charge in [0.25, 0.3) is 5.91 Å². The Morgan fingerprint density at radius 1 is 1.00 bits per heavy atom. The molecule has 3 aromatic heterocycles. The first-order valence-corrected chi connectivity index (χ1v) is 11.4. The summed E-state index contributed by atoms with van der Waals surface area (Å²) in [5, 5.41) is 7.38. The lowest BCUT2D eigenvalue weighted by molar-refractivity contribution is 0.103. The third-order valence-corrected chi connectivity index (χ3v) is 6.48. The van der Waals surface area contributed by atoms with E-state index in [0.29, 0.717) is 23.7 Å². The second-order valence-electron chi connectivity index (χ2n) is 7.70. The van der Waals surface area contributed by atoms with Crippen LogP contribution in [-0.4, -0.2) is 20.4 Å². The summed E-state index contributed by atoms with van der Waals surface area (Å²) in [4.78, 5) is 25.0. The van der Waals surface area contributed by atoms with Crippen molar-refractivity contribution >= 4 is 44.4 Å². The highest BCUT2D eigenvalue weighted by molar-refractivity contribution is 7.20. The molecule has 8 heteroatoms. The molecule has 0 unspecified atom stereocenters. The summed E-state index contributed by atoms with van der Waals surface area (Å²) >= 11 is 1.47. The van der Waals surface area contributed by atoms with E-state index >= 15 is 0 Å². The maximum Gasteiger partial charge on any atom is 0.265 e. The number of imidazole rings is 1. The van der Waals surface area contributed by atoms with E-state index in [9.17, 15) is 4.79 Å². The molecule has 7 nitrogen and oxygen atoms in total. The SMILES string of the molecule is [C-]#[N+]c1ccc(Cn2cncc2CNc2ccc3sc(C(=O)Nc4ccncc4)cc3c2)cc1. The highest BCUT2D eigenvalue weighted by Crippen LogP contribution is 2.29. The topological polar surface area (TPSA) is 76.2 Å². The maximum absolute atomic E-state index is 12.6. The third kappa shape index (κ3) is 4.80. The molecular formula is C26H20N6OS. The number of aromatic nitrogens is 3. The summed E-state index contributed by atoms with van der Waals surface area (Å²) in [6.45, 7) is 8.39. The van der Waals surface area contributed by atoms with E-state index < -0.39 is 0 Å². The van der Waals surface area contributed by atoms with Gasteiger partial charge >= 0.3 is 0 Å². The highest BCUT2D eigenvalue weighted by atomic mass is 32.1. The molecule has 2 N–H and O–H groups in total. The van der Waals surface area contributed by atoms with Crippen LogP contribution >= 0.6 is 11.3 Å². The third-order valence-electron chi connectivity index (χ3n) is 5.37. The van der Waals surface area contributed by atoms with Crippen molar-refractivity contribution in [2.24, 2.45) is 0 Å². The zero-order valence-electron chi connectivity index (χ0n) is 18.1. The summed E-state index contributed by atoms with van der Waals surface area (Å²) in [5.41, 5.74) is 4.50. The van der Waals surface area contributed by atoms with Gasteiger partial charge in [0.2, 0.25) is 0 Å². The fraction of sp³-hybridized carbons (Fsp3) is 0.0769. The molecule has 0 radical (unpaired) electrons. The first kappa shape index (κ1) is 21.4. The van der Waals surface area contributed by atoms with Crippen LogP contribution in [0.1, 0.15) is 20.9 Å². The van der Waals surface area contributed by atoms with Gasteiger partial charge in [-0.3, -0.25) is 9.78 Å². The second-order valence-corrected chi connectivity index (χ2v) is 8.78. The van der Waals surface area contributed by atoms with Crippen molar-refractivity contribution in [3.05, 3.63) is 113 Å². The molecule has 0 aliphatic carbocycles. The molecule has 0 saturated heterocycles. The lowest BCUT2D eigenvalue weighted by Crippen LogP contribution is -2.09. The molecule has 0 aliphatic rings. The molecule has 0 atom stereocenters. The maximum atomic E-state index is 12.6. The van der Waals surface area contributed by atoms with Crippen LogP contribution in [0.2, 0.25) is 0 Å². The van der Waals surface area contributed by atoms with Crippen molar-refractivity contribution in [1.29, 1.82) is 0 Å². The van der Waals surface area contributed by atoms with Crippen molar-refractivity contribution in [2.45, 2.75) is 13.1 Å². The van der Waals surface area contributed by atoms with Gasteiger partial charge in [0, 0.05) is 41.2 Å². The average Bonchev–Trinajstić information content (AvgIpc) is 3.50. The minimum atomic E-state index is -0.129. The number of amides is 1. The molecule has 0 aliphatic heterocycles. The number of thiophene rings is 1. The minimum absolute atomic E-state index is 0.129. The van der Waals surface area contributed by atoms with Crippen LogP contribution < -0.4 is 10.6 Å². The molecule has 5 rings (SSSR count). The van der Waals surface area contributed by atoms with Crippen LogP contribution in [-0.2, 0) is 13.1 Å². The van der Waals surface area contributed by atoms with E-state index in [-0.39, 0.29) is 5.91 Å². The fourth-order valence-corrected chi connectivity index (χ4v) is 4.53. The summed E-state index contributed by atoms with van der Waals surface area (Å²) in [6, 6.07) is 19.2. The Balaban J connectivity index is 1.26. The van der Waals surface area contributed by atoms with E-state index in [2.05, 4.69) is 36.1 Å². The number of anilines is 2. The van der Waals surface area contributed by atoms with Gasteiger partial charge in [0.15, 0.2) is 5.69 Å². The van der Waals surface area contributed by atoms with E-state index in [1.807, 2.05) is 55.0 Å². The van der Waals surface area contributed by atoms with Gasteiger partial charge in [-0.25, -0.2) is 9.83 Å². The normalized spacial score (nSPS) is 10.7. The van der Waals surface area contributed by atoms with Gasteiger partial charge < -0.3 is 15.2 Å². The quantitative estimate of drug-likeness (QED) is 0.292. The number of hydrogen-bond acceptors (Lipinski definition) is 5. The van der Waals surface area contributed by atoms with Gasteiger partial charge in [-0.15, -0.1) is 11.3 Å². The number of fused-ring (bicyclic) bond motifs is 1. The fourth-order valence-electron chi connectivity index (χ4n) is 3.60. The Kier molecular flexibility index (Phi) is 6.01. The van der Waals surface area contributed by atoms with Crippen molar-refractivity contribution in [2.75, 3.05) is 10.6 Å².